The Balaban J connectivity index is 0.00000341. The van der Waals surface area contributed by atoms with Gasteiger partial charge in [0.25, 0.3) is 10.0 Å². The average molecular weight is 577 g/mol. The lowest BCUT2D eigenvalue weighted by atomic mass is 9.85. The second-order valence-corrected chi connectivity index (χ2v) is 11.5. The van der Waals surface area contributed by atoms with Crippen LogP contribution in [-0.2, 0) is 22.0 Å². The van der Waals surface area contributed by atoms with E-state index in [2.05, 4.69) is 53.7 Å². The van der Waals surface area contributed by atoms with Gasteiger partial charge in [0.05, 0.1) is 6.54 Å². The molecule has 0 amide bonds. The summed E-state index contributed by atoms with van der Waals surface area (Å²) in [5, 5.41) is 6.68. The van der Waals surface area contributed by atoms with Crippen LogP contribution < -0.4 is 10.6 Å². The third-order valence-electron chi connectivity index (χ3n) is 5.45. The normalized spacial score (nSPS) is 15.9. The number of nitrogens with one attached hydrogen (secondary N) is 2. The monoisotopic (exact) mass is 576 g/mol. The van der Waals surface area contributed by atoms with E-state index in [1.165, 1.54) is 16.9 Å². The van der Waals surface area contributed by atoms with E-state index in [-0.39, 0.29) is 29.4 Å². The summed E-state index contributed by atoms with van der Waals surface area (Å²) in [5.74, 6) is 0.702. The second-order valence-electron chi connectivity index (χ2n) is 8.21. The summed E-state index contributed by atoms with van der Waals surface area (Å²) in [7, 11) is -1.63. The van der Waals surface area contributed by atoms with E-state index >= 15 is 0 Å². The van der Waals surface area contributed by atoms with Gasteiger partial charge in [-0.3, -0.25) is 4.99 Å². The predicted octanol–water partition coefficient (Wildman–Crippen LogP) is 4.18. The highest BCUT2D eigenvalue weighted by Crippen LogP contribution is 2.27. The first-order valence-electron chi connectivity index (χ1n) is 10.4. The van der Waals surface area contributed by atoms with Gasteiger partial charge in [-0.25, -0.2) is 8.42 Å². The molecule has 0 unspecified atom stereocenters. The van der Waals surface area contributed by atoms with Crippen molar-refractivity contribution in [1.82, 2.24) is 14.9 Å². The van der Waals surface area contributed by atoms with Gasteiger partial charge < -0.3 is 10.6 Å². The van der Waals surface area contributed by atoms with Crippen molar-refractivity contribution in [1.29, 1.82) is 0 Å². The van der Waals surface area contributed by atoms with Crippen LogP contribution in [0.1, 0.15) is 43.6 Å². The maximum atomic E-state index is 12.8. The molecule has 1 aromatic carbocycles. The first-order chi connectivity index (χ1) is 14.3. The van der Waals surface area contributed by atoms with Crippen LogP contribution in [0, 0.1) is 0 Å². The Labute approximate surface area is 207 Å². The van der Waals surface area contributed by atoms with E-state index < -0.39 is 10.0 Å². The summed E-state index contributed by atoms with van der Waals surface area (Å²) in [4.78, 5) is 5.27. The van der Waals surface area contributed by atoms with Crippen LogP contribution in [-0.4, -0.2) is 45.4 Å². The Kier molecular flexibility index (Phi) is 9.78. The molecule has 2 N–H and O–H groups in total. The lowest BCUT2D eigenvalue weighted by Gasteiger charge is -2.26. The average Bonchev–Trinajstić information content (AvgIpc) is 3.25. The number of hydrogen-bond donors (Lipinski definition) is 2. The number of aliphatic imine (C=N–C) groups is 1. The SMILES string of the molecule is CN=C(NCc1ccc(S(=O)(=O)N2CCCCC2)s1)NCC(C)(C)c1ccccc1.I. The molecule has 0 saturated carbocycles. The standard InChI is InChI=1S/C22H32N4O2S2.HI/c1-22(2,18-10-6-4-7-11-18)17-25-21(23-3)24-16-19-12-13-20(29-19)30(27,28)26-14-8-5-9-15-26;/h4,6-7,10-13H,5,8-9,14-17H2,1-3H3,(H2,23,24,25);1H. The summed E-state index contributed by atoms with van der Waals surface area (Å²) in [6, 6.07) is 14.0. The van der Waals surface area contributed by atoms with Crippen molar-refractivity contribution in [2.24, 2.45) is 4.99 Å². The Bertz CT molecular complexity index is 953. The molecule has 9 heteroatoms. The van der Waals surface area contributed by atoms with Gasteiger partial charge in [-0.1, -0.05) is 50.6 Å². The Hall–Kier alpha value is -1.17. The van der Waals surface area contributed by atoms with Crippen LogP contribution in [0.25, 0.3) is 0 Å². The first-order valence-corrected chi connectivity index (χ1v) is 12.7. The predicted molar refractivity (Wildman–Crippen MR) is 140 cm³/mol. The summed E-state index contributed by atoms with van der Waals surface area (Å²) in [5.41, 5.74) is 1.22. The van der Waals surface area contributed by atoms with Crippen molar-refractivity contribution in [3.8, 4) is 0 Å². The zero-order valence-electron chi connectivity index (χ0n) is 18.4. The van der Waals surface area contributed by atoms with Crippen LogP contribution in [0.4, 0.5) is 0 Å². The number of nitrogens with zero attached hydrogens (tertiary/aromatic N) is 2. The molecule has 1 aliphatic rings. The number of hydrogen-bond acceptors (Lipinski definition) is 4. The summed E-state index contributed by atoms with van der Waals surface area (Å²) >= 11 is 1.33. The number of halogens is 1. The van der Waals surface area contributed by atoms with E-state index in [1.807, 2.05) is 12.1 Å². The highest BCUT2D eigenvalue weighted by molar-refractivity contribution is 14.0. The van der Waals surface area contributed by atoms with Gasteiger partial charge in [-0.15, -0.1) is 35.3 Å². The fraction of sp³-hybridized carbons (Fsp3) is 0.500. The molecule has 0 bridgehead atoms. The molecule has 1 aromatic heterocycles. The van der Waals surface area contributed by atoms with Crippen molar-refractivity contribution in [3.05, 3.63) is 52.9 Å². The number of piperidine rings is 1. The molecule has 3 rings (SSSR count). The minimum atomic E-state index is -3.37. The summed E-state index contributed by atoms with van der Waals surface area (Å²) in [6.07, 6.45) is 3.00. The Morgan fingerprint density at radius 2 is 1.74 bits per heavy atom. The van der Waals surface area contributed by atoms with E-state index in [1.54, 1.807) is 17.4 Å². The van der Waals surface area contributed by atoms with Gasteiger partial charge in [-0.05, 0) is 30.5 Å². The van der Waals surface area contributed by atoms with Crippen molar-refractivity contribution < 1.29 is 8.42 Å². The zero-order valence-corrected chi connectivity index (χ0v) is 22.4. The molecule has 1 saturated heterocycles. The molecule has 0 aliphatic carbocycles. The van der Waals surface area contributed by atoms with E-state index in [0.717, 1.165) is 30.7 Å². The van der Waals surface area contributed by atoms with Crippen molar-refractivity contribution in [2.45, 2.75) is 49.3 Å². The molecule has 6 nitrogen and oxygen atoms in total. The van der Waals surface area contributed by atoms with Crippen LogP contribution in [0.5, 0.6) is 0 Å². The topological polar surface area (TPSA) is 73.8 Å². The fourth-order valence-electron chi connectivity index (χ4n) is 3.51. The number of guanidine groups is 1. The van der Waals surface area contributed by atoms with Gasteiger partial charge in [0.2, 0.25) is 0 Å². The van der Waals surface area contributed by atoms with Crippen LogP contribution >= 0.6 is 35.3 Å². The molecule has 2 heterocycles. The number of sulfonamides is 1. The molecular weight excluding hydrogens is 543 g/mol. The van der Waals surface area contributed by atoms with Crippen molar-refractivity contribution in [3.63, 3.8) is 0 Å². The number of thiophene rings is 1. The second kappa shape index (κ2) is 11.6. The summed E-state index contributed by atoms with van der Waals surface area (Å²) in [6.45, 7) is 6.91. The lowest BCUT2D eigenvalue weighted by Crippen LogP contribution is -2.43. The molecule has 0 spiro atoms. The largest absolute Gasteiger partial charge is 0.356 e. The van der Waals surface area contributed by atoms with Gasteiger partial charge in [0.1, 0.15) is 4.21 Å². The molecule has 31 heavy (non-hydrogen) atoms. The lowest BCUT2D eigenvalue weighted by molar-refractivity contribution is 0.347. The molecule has 2 aromatic rings. The van der Waals surface area contributed by atoms with E-state index in [0.29, 0.717) is 29.8 Å². The van der Waals surface area contributed by atoms with Crippen LogP contribution in [0.15, 0.2) is 51.7 Å². The highest BCUT2D eigenvalue weighted by atomic mass is 127. The van der Waals surface area contributed by atoms with Gasteiger partial charge in [-0.2, -0.15) is 4.31 Å². The first kappa shape index (κ1) is 26.1. The molecule has 0 atom stereocenters. The van der Waals surface area contributed by atoms with Crippen molar-refractivity contribution in [2.75, 3.05) is 26.7 Å². The molecular formula is C22H33IN4O2S2. The maximum absolute atomic E-state index is 12.8. The van der Waals surface area contributed by atoms with E-state index in [4.69, 9.17) is 0 Å². The van der Waals surface area contributed by atoms with Crippen LogP contribution in [0.2, 0.25) is 0 Å². The van der Waals surface area contributed by atoms with Crippen molar-refractivity contribution >= 4 is 51.3 Å². The molecule has 0 radical (unpaired) electrons. The fourth-order valence-corrected chi connectivity index (χ4v) is 6.48. The van der Waals surface area contributed by atoms with Crippen LogP contribution in [0.3, 0.4) is 0 Å². The van der Waals surface area contributed by atoms with Gasteiger partial charge in [0, 0.05) is 37.0 Å². The Morgan fingerprint density at radius 3 is 2.39 bits per heavy atom. The minimum absolute atomic E-state index is 0. The van der Waals surface area contributed by atoms with Gasteiger partial charge in [0.15, 0.2) is 5.96 Å². The minimum Gasteiger partial charge on any atom is -0.356 e. The van der Waals surface area contributed by atoms with E-state index in [9.17, 15) is 8.42 Å². The smallest absolute Gasteiger partial charge is 0.252 e. The van der Waals surface area contributed by atoms with Gasteiger partial charge >= 0.3 is 0 Å². The summed E-state index contributed by atoms with van der Waals surface area (Å²) < 4.78 is 27.7. The number of rotatable bonds is 7. The third-order valence-corrected chi connectivity index (χ3v) is 8.90. The third kappa shape index (κ3) is 6.90. The quantitative estimate of drug-likeness (QED) is 0.295. The maximum Gasteiger partial charge on any atom is 0.252 e. The Morgan fingerprint density at radius 1 is 1.06 bits per heavy atom. The highest BCUT2D eigenvalue weighted by Gasteiger charge is 2.27. The zero-order chi connectivity index (χ0) is 21.6. The molecule has 1 fully saturated rings. The number of benzene rings is 1. The molecule has 1 aliphatic heterocycles. The molecule has 172 valence electrons.